The van der Waals surface area contributed by atoms with E-state index in [0.29, 0.717) is 19.7 Å². The van der Waals surface area contributed by atoms with Gasteiger partial charge in [0.2, 0.25) is 0 Å². The van der Waals surface area contributed by atoms with Gasteiger partial charge in [-0.25, -0.2) is 0 Å². The molecule has 0 bridgehead atoms. The second-order valence-electron chi connectivity index (χ2n) is 3.27. The lowest BCUT2D eigenvalue weighted by Gasteiger charge is -2.31. The van der Waals surface area contributed by atoms with Gasteiger partial charge in [0, 0.05) is 19.6 Å². The third-order valence-electron chi connectivity index (χ3n) is 2.10. The number of rotatable bonds is 4. The summed E-state index contributed by atoms with van der Waals surface area (Å²) < 4.78 is 43.7. The van der Waals surface area contributed by atoms with E-state index in [4.69, 9.17) is 9.84 Å². The van der Waals surface area contributed by atoms with Crippen LogP contribution in [0.15, 0.2) is 0 Å². The molecule has 0 amide bonds. The van der Waals surface area contributed by atoms with Crippen LogP contribution < -0.4 is 0 Å². The van der Waals surface area contributed by atoms with Gasteiger partial charge in [-0.05, 0) is 0 Å². The summed E-state index contributed by atoms with van der Waals surface area (Å²) in [7, 11) is 0. The zero-order valence-electron chi connectivity index (χ0n) is 8.16. The summed E-state index contributed by atoms with van der Waals surface area (Å²) in [5, 5.41) is 8.80. The Labute approximate surface area is 85.6 Å². The summed E-state index contributed by atoms with van der Waals surface area (Å²) in [6.07, 6.45) is -4.87. The van der Waals surface area contributed by atoms with Crippen LogP contribution in [0.5, 0.6) is 0 Å². The quantitative estimate of drug-likeness (QED) is 0.748. The minimum absolute atomic E-state index is 0.114. The monoisotopic (exact) mass is 229 g/mol. The molecule has 1 unspecified atom stereocenters. The van der Waals surface area contributed by atoms with Crippen LogP contribution >= 0.6 is 0 Å². The van der Waals surface area contributed by atoms with Crippen molar-refractivity contribution in [2.45, 2.75) is 12.5 Å². The van der Waals surface area contributed by atoms with E-state index in [1.807, 2.05) is 0 Å². The molecule has 1 rings (SSSR count). The van der Waals surface area contributed by atoms with E-state index in [1.165, 1.54) is 0 Å². The molecular formula is C8H14F3NO3. The lowest BCUT2D eigenvalue weighted by Crippen LogP contribution is -2.45. The largest absolute Gasteiger partial charge is 0.522 e. The van der Waals surface area contributed by atoms with Crippen LogP contribution in [0.3, 0.4) is 0 Å². The van der Waals surface area contributed by atoms with E-state index in [1.54, 1.807) is 4.90 Å². The minimum Gasteiger partial charge on any atom is -0.394 e. The van der Waals surface area contributed by atoms with Crippen molar-refractivity contribution in [3.05, 3.63) is 0 Å². The lowest BCUT2D eigenvalue weighted by molar-refractivity contribution is -0.325. The van der Waals surface area contributed by atoms with Gasteiger partial charge in [-0.15, -0.1) is 13.2 Å². The molecule has 15 heavy (non-hydrogen) atoms. The zero-order chi connectivity index (χ0) is 11.3. The Morgan fingerprint density at radius 1 is 1.47 bits per heavy atom. The van der Waals surface area contributed by atoms with E-state index in [0.717, 1.165) is 0 Å². The zero-order valence-corrected chi connectivity index (χ0v) is 8.16. The molecule has 1 aliphatic rings. The molecule has 0 aromatic carbocycles. The fourth-order valence-corrected chi connectivity index (χ4v) is 1.38. The number of nitrogens with zero attached hydrogens (tertiary/aromatic N) is 1. The second kappa shape index (κ2) is 5.64. The number of halogens is 3. The second-order valence-corrected chi connectivity index (χ2v) is 3.27. The number of ether oxygens (including phenoxy) is 2. The predicted molar refractivity (Wildman–Crippen MR) is 45.3 cm³/mol. The van der Waals surface area contributed by atoms with Gasteiger partial charge in [-0.1, -0.05) is 0 Å². The topological polar surface area (TPSA) is 41.9 Å². The van der Waals surface area contributed by atoms with E-state index in [9.17, 15) is 13.2 Å². The Kier molecular flexibility index (Phi) is 4.78. The molecule has 1 fully saturated rings. The molecule has 0 aromatic heterocycles. The molecule has 1 atom stereocenters. The normalized spacial score (nSPS) is 24.4. The van der Waals surface area contributed by atoms with Crippen LogP contribution in [-0.2, 0) is 9.47 Å². The van der Waals surface area contributed by atoms with Gasteiger partial charge >= 0.3 is 6.36 Å². The van der Waals surface area contributed by atoms with Gasteiger partial charge < -0.3 is 9.84 Å². The summed E-state index contributed by atoms with van der Waals surface area (Å²) >= 11 is 0. The van der Waals surface area contributed by atoms with Crippen molar-refractivity contribution in [1.29, 1.82) is 0 Å². The van der Waals surface area contributed by atoms with Gasteiger partial charge in [0.15, 0.2) is 0 Å². The Morgan fingerprint density at radius 3 is 2.80 bits per heavy atom. The number of hydrogen-bond acceptors (Lipinski definition) is 4. The summed E-state index contributed by atoms with van der Waals surface area (Å²) in [5.41, 5.74) is 0. The van der Waals surface area contributed by atoms with Crippen molar-refractivity contribution in [2.24, 2.45) is 0 Å². The van der Waals surface area contributed by atoms with Crippen LogP contribution in [0.4, 0.5) is 13.2 Å². The fourth-order valence-electron chi connectivity index (χ4n) is 1.38. The van der Waals surface area contributed by atoms with Crippen LogP contribution in [-0.4, -0.2) is 61.9 Å². The molecule has 0 spiro atoms. The van der Waals surface area contributed by atoms with Gasteiger partial charge in [-0.3, -0.25) is 9.64 Å². The highest BCUT2D eigenvalue weighted by Gasteiger charge is 2.29. The maximum absolute atomic E-state index is 11.6. The number of hydrogen-bond donors (Lipinski definition) is 1. The van der Waals surface area contributed by atoms with Crippen molar-refractivity contribution in [3.63, 3.8) is 0 Å². The average Bonchev–Trinajstić information content (AvgIpc) is 2.16. The molecule has 1 heterocycles. The summed E-state index contributed by atoms with van der Waals surface area (Å²) in [6.45, 7) is 1.13. The van der Waals surface area contributed by atoms with Gasteiger partial charge in [-0.2, -0.15) is 0 Å². The van der Waals surface area contributed by atoms with Crippen LogP contribution in [0, 0.1) is 0 Å². The van der Waals surface area contributed by atoms with Crippen LogP contribution in [0.1, 0.15) is 0 Å². The van der Waals surface area contributed by atoms with E-state index in [2.05, 4.69) is 4.74 Å². The van der Waals surface area contributed by atoms with Gasteiger partial charge in [0.05, 0.1) is 25.9 Å². The highest BCUT2D eigenvalue weighted by molar-refractivity contribution is 4.70. The molecule has 1 saturated heterocycles. The van der Waals surface area contributed by atoms with Crippen LogP contribution in [0.2, 0.25) is 0 Å². The Bertz CT molecular complexity index is 188. The summed E-state index contributed by atoms with van der Waals surface area (Å²) in [5.74, 6) is 0. The molecule has 1 N–H and O–H groups in total. The first kappa shape index (κ1) is 12.7. The third-order valence-corrected chi connectivity index (χ3v) is 2.10. The lowest BCUT2D eigenvalue weighted by atomic mass is 10.3. The first-order valence-electron chi connectivity index (χ1n) is 4.67. The maximum Gasteiger partial charge on any atom is 0.522 e. The number of alkyl halides is 3. The van der Waals surface area contributed by atoms with Crippen molar-refractivity contribution < 1.29 is 27.8 Å². The van der Waals surface area contributed by atoms with Crippen molar-refractivity contribution >= 4 is 0 Å². The summed E-state index contributed by atoms with van der Waals surface area (Å²) in [6, 6.07) is 0. The van der Waals surface area contributed by atoms with E-state index < -0.39 is 6.36 Å². The van der Waals surface area contributed by atoms with Crippen molar-refractivity contribution in [3.8, 4) is 0 Å². The third kappa shape index (κ3) is 5.31. The standard InChI is InChI=1S/C8H14F3NO3/c9-8(10,11)15-4-2-12-1-3-14-7(5-12)6-13/h7,13H,1-6H2. The molecule has 4 nitrogen and oxygen atoms in total. The molecular weight excluding hydrogens is 215 g/mol. The van der Waals surface area contributed by atoms with Crippen molar-refractivity contribution in [2.75, 3.05) is 39.5 Å². The van der Waals surface area contributed by atoms with Gasteiger partial charge in [0.25, 0.3) is 0 Å². The number of aliphatic hydroxyl groups excluding tert-OH is 1. The Hall–Kier alpha value is -0.370. The first-order chi connectivity index (χ1) is 7.01. The molecule has 90 valence electrons. The smallest absolute Gasteiger partial charge is 0.394 e. The highest BCUT2D eigenvalue weighted by atomic mass is 19.4. The SMILES string of the molecule is OCC1CN(CCOC(F)(F)F)CCO1. The molecule has 1 aliphatic heterocycles. The highest BCUT2D eigenvalue weighted by Crippen LogP contribution is 2.16. The fraction of sp³-hybridized carbons (Fsp3) is 1.00. The molecule has 0 radical (unpaired) electrons. The van der Waals surface area contributed by atoms with E-state index >= 15 is 0 Å². The Morgan fingerprint density at radius 2 is 2.20 bits per heavy atom. The van der Waals surface area contributed by atoms with Crippen molar-refractivity contribution in [1.82, 2.24) is 4.90 Å². The van der Waals surface area contributed by atoms with Crippen LogP contribution in [0.25, 0.3) is 0 Å². The predicted octanol–water partition coefficient (Wildman–Crippen LogP) is 0.216. The average molecular weight is 229 g/mol. The van der Waals surface area contributed by atoms with E-state index in [-0.39, 0.29) is 25.9 Å². The molecule has 0 saturated carbocycles. The first-order valence-corrected chi connectivity index (χ1v) is 4.67. The number of aliphatic hydroxyl groups is 1. The molecule has 0 aliphatic carbocycles. The maximum atomic E-state index is 11.6. The molecule has 7 heteroatoms. The van der Waals surface area contributed by atoms with Gasteiger partial charge in [0.1, 0.15) is 0 Å². The minimum atomic E-state index is -4.57. The Balaban J connectivity index is 2.15. The molecule has 0 aromatic rings. The number of morpholine rings is 1. The summed E-state index contributed by atoms with van der Waals surface area (Å²) in [4.78, 5) is 1.77.